The molecule has 22 heavy (non-hydrogen) atoms. The molecule has 0 spiro atoms. The van der Waals surface area contributed by atoms with Gasteiger partial charge in [0, 0.05) is 31.5 Å². The molecule has 112 valence electrons. The predicted octanol–water partition coefficient (Wildman–Crippen LogP) is 2.57. The van der Waals surface area contributed by atoms with Crippen LogP contribution < -0.4 is 10.2 Å². The van der Waals surface area contributed by atoms with Crippen LogP contribution in [-0.4, -0.2) is 29.1 Å². The van der Waals surface area contributed by atoms with E-state index in [2.05, 4.69) is 15.3 Å². The molecule has 5 nitrogen and oxygen atoms in total. The van der Waals surface area contributed by atoms with Crippen molar-refractivity contribution >= 4 is 11.5 Å². The third kappa shape index (κ3) is 3.14. The van der Waals surface area contributed by atoms with Gasteiger partial charge in [-0.1, -0.05) is 0 Å². The monoisotopic (exact) mass is 297 g/mol. The fourth-order valence-corrected chi connectivity index (χ4v) is 2.73. The molecule has 1 saturated heterocycles. The van der Waals surface area contributed by atoms with Crippen molar-refractivity contribution in [2.45, 2.75) is 18.9 Å². The Balaban J connectivity index is 1.72. The number of hydrogen-bond donors (Lipinski definition) is 1. The third-order valence-corrected chi connectivity index (χ3v) is 3.75. The van der Waals surface area contributed by atoms with Gasteiger partial charge in [-0.25, -0.2) is 9.37 Å². The van der Waals surface area contributed by atoms with Crippen molar-refractivity contribution in [2.75, 3.05) is 23.3 Å². The van der Waals surface area contributed by atoms with Crippen molar-refractivity contribution in [1.29, 1.82) is 5.26 Å². The zero-order valence-electron chi connectivity index (χ0n) is 12.0. The molecule has 0 radical (unpaired) electrons. The fourth-order valence-electron chi connectivity index (χ4n) is 2.73. The second-order valence-electron chi connectivity index (χ2n) is 5.30. The first-order valence-corrected chi connectivity index (χ1v) is 7.23. The number of nitrogens with zero attached hydrogens (tertiary/aromatic N) is 4. The number of anilines is 2. The van der Waals surface area contributed by atoms with Crippen LogP contribution in [0.2, 0.25) is 0 Å². The topological polar surface area (TPSA) is 64.8 Å². The predicted molar refractivity (Wildman–Crippen MR) is 82.0 cm³/mol. The van der Waals surface area contributed by atoms with Crippen LogP contribution in [0.4, 0.5) is 15.9 Å². The van der Waals surface area contributed by atoms with Crippen molar-refractivity contribution in [3.05, 3.63) is 48.2 Å². The molecule has 6 heteroatoms. The van der Waals surface area contributed by atoms with E-state index < -0.39 is 0 Å². The number of nitrogens with one attached hydrogen (secondary N) is 1. The average Bonchev–Trinajstić information content (AvgIpc) is 2.56. The van der Waals surface area contributed by atoms with Crippen molar-refractivity contribution in [3.63, 3.8) is 0 Å². The number of aromatic nitrogens is 2. The fraction of sp³-hybridized carbons (Fsp3) is 0.312. The van der Waals surface area contributed by atoms with E-state index >= 15 is 0 Å². The highest BCUT2D eigenvalue weighted by molar-refractivity contribution is 5.52. The van der Waals surface area contributed by atoms with Gasteiger partial charge in [0.2, 0.25) is 0 Å². The molecule has 0 saturated carbocycles. The van der Waals surface area contributed by atoms with Crippen LogP contribution in [0.25, 0.3) is 0 Å². The molecule has 1 atom stereocenters. The van der Waals surface area contributed by atoms with E-state index in [0.29, 0.717) is 17.8 Å². The summed E-state index contributed by atoms with van der Waals surface area (Å²) in [6.45, 7) is 1.50. The van der Waals surface area contributed by atoms with Crippen LogP contribution in [0.5, 0.6) is 0 Å². The second-order valence-corrected chi connectivity index (χ2v) is 5.30. The van der Waals surface area contributed by atoms with E-state index in [-0.39, 0.29) is 11.9 Å². The summed E-state index contributed by atoms with van der Waals surface area (Å²) in [7, 11) is 0. The molecule has 0 bridgehead atoms. The van der Waals surface area contributed by atoms with Gasteiger partial charge in [0.25, 0.3) is 0 Å². The van der Waals surface area contributed by atoms with Crippen molar-refractivity contribution in [1.82, 2.24) is 9.97 Å². The first kappa shape index (κ1) is 14.3. The molecule has 1 aromatic carbocycles. The van der Waals surface area contributed by atoms with Crippen LogP contribution in [-0.2, 0) is 0 Å². The summed E-state index contributed by atoms with van der Waals surface area (Å²) in [6.07, 6.45) is 6.93. The van der Waals surface area contributed by atoms with Gasteiger partial charge in [-0.3, -0.25) is 4.98 Å². The maximum absolute atomic E-state index is 14.1. The molecular weight excluding hydrogens is 281 g/mol. The van der Waals surface area contributed by atoms with Crippen LogP contribution in [0.3, 0.4) is 0 Å². The Morgan fingerprint density at radius 2 is 2.27 bits per heavy atom. The minimum Gasteiger partial charge on any atom is -0.367 e. The Labute approximate surface area is 128 Å². The lowest BCUT2D eigenvalue weighted by molar-refractivity contribution is 0.518. The molecule has 0 aliphatic carbocycles. The molecule has 1 fully saturated rings. The van der Waals surface area contributed by atoms with Crippen LogP contribution >= 0.6 is 0 Å². The largest absolute Gasteiger partial charge is 0.367 e. The minimum atomic E-state index is -0.348. The Morgan fingerprint density at radius 1 is 1.36 bits per heavy atom. The van der Waals surface area contributed by atoms with Gasteiger partial charge in [0.1, 0.15) is 11.6 Å². The highest BCUT2D eigenvalue weighted by Crippen LogP contribution is 2.25. The first-order valence-electron chi connectivity index (χ1n) is 7.23. The molecular formula is C16H16FN5. The zero-order chi connectivity index (χ0) is 15.4. The number of halogens is 1. The van der Waals surface area contributed by atoms with Gasteiger partial charge < -0.3 is 10.2 Å². The highest BCUT2D eigenvalue weighted by atomic mass is 19.1. The number of hydrogen-bond acceptors (Lipinski definition) is 5. The molecule has 1 aliphatic heterocycles. The molecule has 3 rings (SSSR count). The maximum Gasteiger partial charge on any atom is 0.147 e. The molecule has 0 amide bonds. The van der Waals surface area contributed by atoms with E-state index in [1.807, 2.05) is 11.0 Å². The van der Waals surface area contributed by atoms with E-state index in [4.69, 9.17) is 5.26 Å². The Kier molecular flexibility index (Phi) is 4.15. The number of rotatable bonds is 3. The SMILES string of the molecule is N#Cc1ccc(N2CCCC(Nc3cnccn3)C2)c(F)c1. The lowest BCUT2D eigenvalue weighted by Gasteiger charge is -2.35. The average molecular weight is 297 g/mol. The lowest BCUT2D eigenvalue weighted by atomic mass is 10.0. The van der Waals surface area contributed by atoms with Gasteiger partial charge >= 0.3 is 0 Å². The van der Waals surface area contributed by atoms with Gasteiger partial charge in [-0.2, -0.15) is 5.26 Å². The Hall–Kier alpha value is -2.68. The smallest absolute Gasteiger partial charge is 0.147 e. The quantitative estimate of drug-likeness (QED) is 0.943. The van der Waals surface area contributed by atoms with E-state index in [1.165, 1.54) is 6.07 Å². The molecule has 1 aliphatic rings. The highest BCUT2D eigenvalue weighted by Gasteiger charge is 2.22. The summed E-state index contributed by atoms with van der Waals surface area (Å²) in [5.74, 6) is 0.383. The molecule has 2 heterocycles. The number of piperidine rings is 1. The normalized spacial score (nSPS) is 17.8. The standard InChI is InChI=1S/C16H16FN5/c17-14-8-12(9-18)3-4-15(14)22-7-1-2-13(11-22)21-16-10-19-5-6-20-16/h3-6,8,10,13H,1-2,7,11H2,(H,20,21). The van der Waals surface area contributed by atoms with Crippen molar-refractivity contribution in [3.8, 4) is 6.07 Å². The van der Waals surface area contributed by atoms with Gasteiger partial charge in [0.05, 0.1) is 23.5 Å². The number of nitriles is 1. The Bertz CT molecular complexity index is 683. The Morgan fingerprint density at radius 3 is 3.00 bits per heavy atom. The summed E-state index contributed by atoms with van der Waals surface area (Å²) < 4.78 is 14.1. The van der Waals surface area contributed by atoms with E-state index in [0.717, 1.165) is 25.2 Å². The van der Waals surface area contributed by atoms with Crippen LogP contribution in [0.15, 0.2) is 36.8 Å². The van der Waals surface area contributed by atoms with E-state index in [9.17, 15) is 4.39 Å². The van der Waals surface area contributed by atoms with Gasteiger partial charge in [-0.15, -0.1) is 0 Å². The first-order chi connectivity index (χ1) is 10.8. The molecule has 1 unspecified atom stereocenters. The minimum absolute atomic E-state index is 0.195. The summed E-state index contributed by atoms with van der Waals surface area (Å²) in [5, 5.41) is 12.1. The summed E-state index contributed by atoms with van der Waals surface area (Å²) >= 11 is 0. The van der Waals surface area contributed by atoms with Gasteiger partial charge in [0.15, 0.2) is 0 Å². The molecule has 2 aromatic rings. The number of benzene rings is 1. The van der Waals surface area contributed by atoms with Crippen molar-refractivity contribution in [2.24, 2.45) is 0 Å². The van der Waals surface area contributed by atoms with Gasteiger partial charge in [-0.05, 0) is 31.0 Å². The molecule has 1 N–H and O–H groups in total. The van der Waals surface area contributed by atoms with E-state index in [1.54, 1.807) is 30.7 Å². The summed E-state index contributed by atoms with van der Waals surface area (Å²) in [5.41, 5.74) is 0.886. The summed E-state index contributed by atoms with van der Waals surface area (Å²) in [4.78, 5) is 10.2. The zero-order valence-corrected chi connectivity index (χ0v) is 12.0. The van der Waals surface area contributed by atoms with Crippen molar-refractivity contribution < 1.29 is 4.39 Å². The van der Waals surface area contributed by atoms with Crippen LogP contribution in [0.1, 0.15) is 18.4 Å². The summed E-state index contributed by atoms with van der Waals surface area (Å²) in [6, 6.07) is 6.77. The third-order valence-electron chi connectivity index (χ3n) is 3.75. The lowest BCUT2D eigenvalue weighted by Crippen LogP contribution is -2.42. The molecule has 1 aromatic heterocycles. The maximum atomic E-state index is 14.1. The van der Waals surface area contributed by atoms with Crippen LogP contribution in [0, 0.1) is 17.1 Å². The second kappa shape index (κ2) is 6.39.